The van der Waals surface area contributed by atoms with Crippen molar-refractivity contribution in [3.8, 4) is 16.9 Å². The fraction of sp³-hybridized carbons (Fsp3) is 0.333. The summed E-state index contributed by atoms with van der Waals surface area (Å²) in [4.78, 5) is 33.3. The lowest BCUT2D eigenvalue weighted by Crippen LogP contribution is -2.32. The van der Waals surface area contributed by atoms with Gasteiger partial charge in [-0.05, 0) is 58.4 Å². The molecular weight excluding hydrogens is 458 g/mol. The van der Waals surface area contributed by atoms with Gasteiger partial charge >= 0.3 is 0 Å². The van der Waals surface area contributed by atoms with E-state index < -0.39 is 0 Å². The molecule has 0 unspecified atom stereocenters. The van der Waals surface area contributed by atoms with Gasteiger partial charge in [-0.1, -0.05) is 17.7 Å². The molecule has 0 N–H and O–H groups in total. The summed E-state index contributed by atoms with van der Waals surface area (Å²) in [5, 5.41) is 7.20. The number of aryl methyl sites for hydroxylation is 3. The van der Waals surface area contributed by atoms with Gasteiger partial charge in [-0.25, -0.2) is 9.67 Å². The molecule has 3 heterocycles. The molecule has 1 aromatic carbocycles. The van der Waals surface area contributed by atoms with Gasteiger partial charge in [-0.15, -0.1) is 11.3 Å². The number of carbonyl (C=O) groups excluding carboxylic acids is 1. The highest BCUT2D eigenvalue weighted by Gasteiger charge is 2.21. The molecule has 0 saturated heterocycles. The number of thiazole rings is 1. The van der Waals surface area contributed by atoms with E-state index in [1.54, 1.807) is 14.0 Å². The molecule has 9 heteroatoms. The minimum atomic E-state index is -0.214. The highest BCUT2D eigenvalue weighted by atomic mass is 35.5. The Labute approximate surface area is 201 Å². The molecule has 0 spiro atoms. The lowest BCUT2D eigenvalue weighted by molar-refractivity contribution is -0.130. The van der Waals surface area contributed by atoms with E-state index in [-0.39, 0.29) is 17.9 Å². The third kappa shape index (κ3) is 4.20. The zero-order valence-electron chi connectivity index (χ0n) is 19.3. The zero-order chi connectivity index (χ0) is 23.9. The Morgan fingerprint density at radius 1 is 1.15 bits per heavy atom. The molecule has 0 aliphatic rings. The third-order valence-electron chi connectivity index (χ3n) is 5.81. The van der Waals surface area contributed by atoms with E-state index in [0.717, 1.165) is 16.9 Å². The van der Waals surface area contributed by atoms with Gasteiger partial charge in [0.05, 0.1) is 23.4 Å². The van der Waals surface area contributed by atoms with Crippen molar-refractivity contribution in [3.05, 3.63) is 67.7 Å². The second-order valence-corrected chi connectivity index (χ2v) is 9.25. The SMILES string of the molecule is CCN(CC)C(=O)Cc1csc2nc(C)c(-c3cc(C)n(-c4cc(Cl)ccc4C)n3)c(=O)n12. The number of hydrogen-bond acceptors (Lipinski definition) is 5. The Hall–Kier alpha value is -2.97. The van der Waals surface area contributed by atoms with E-state index in [4.69, 9.17) is 16.7 Å². The number of nitrogens with zero attached hydrogens (tertiary/aromatic N) is 5. The quantitative estimate of drug-likeness (QED) is 0.402. The molecule has 0 atom stereocenters. The summed E-state index contributed by atoms with van der Waals surface area (Å²) in [6.07, 6.45) is 0.154. The van der Waals surface area contributed by atoms with Crippen LogP contribution in [0.15, 0.2) is 34.4 Å². The maximum absolute atomic E-state index is 13.6. The van der Waals surface area contributed by atoms with E-state index in [1.807, 2.05) is 64.3 Å². The normalized spacial score (nSPS) is 11.3. The van der Waals surface area contributed by atoms with Crippen molar-refractivity contribution in [2.45, 2.75) is 41.0 Å². The van der Waals surface area contributed by atoms with Crippen molar-refractivity contribution in [1.82, 2.24) is 24.1 Å². The van der Waals surface area contributed by atoms with Crippen LogP contribution in [0.25, 0.3) is 21.9 Å². The average molecular weight is 484 g/mol. The van der Waals surface area contributed by atoms with Crippen LogP contribution >= 0.6 is 22.9 Å². The largest absolute Gasteiger partial charge is 0.343 e. The summed E-state index contributed by atoms with van der Waals surface area (Å²) in [6, 6.07) is 7.52. The molecule has 0 fully saturated rings. The van der Waals surface area contributed by atoms with Gasteiger partial charge in [-0.2, -0.15) is 5.10 Å². The summed E-state index contributed by atoms with van der Waals surface area (Å²) in [5.74, 6) is -0.00900. The Balaban J connectivity index is 1.83. The summed E-state index contributed by atoms with van der Waals surface area (Å²) in [6.45, 7) is 10.9. The Kier molecular flexibility index (Phi) is 6.41. The van der Waals surface area contributed by atoms with Crippen LogP contribution in [0.5, 0.6) is 0 Å². The van der Waals surface area contributed by atoms with Crippen molar-refractivity contribution in [3.63, 3.8) is 0 Å². The number of halogens is 1. The van der Waals surface area contributed by atoms with Crippen LogP contribution in [0.4, 0.5) is 0 Å². The topological polar surface area (TPSA) is 72.5 Å². The monoisotopic (exact) mass is 483 g/mol. The first kappa shape index (κ1) is 23.2. The molecule has 1 amide bonds. The second kappa shape index (κ2) is 9.11. The highest BCUT2D eigenvalue weighted by Crippen LogP contribution is 2.26. The van der Waals surface area contributed by atoms with Crippen molar-refractivity contribution >= 4 is 33.8 Å². The predicted octanol–water partition coefficient (Wildman–Crippen LogP) is 4.60. The van der Waals surface area contributed by atoms with Gasteiger partial charge in [0.15, 0.2) is 4.96 Å². The van der Waals surface area contributed by atoms with Crippen LogP contribution in [0.2, 0.25) is 5.02 Å². The molecule has 4 aromatic rings. The molecule has 0 bridgehead atoms. The van der Waals surface area contributed by atoms with E-state index in [0.29, 0.717) is 45.7 Å². The Bertz CT molecular complexity index is 1410. The summed E-state index contributed by atoms with van der Waals surface area (Å²) < 4.78 is 3.34. The lowest BCUT2D eigenvalue weighted by atomic mass is 10.1. The van der Waals surface area contributed by atoms with Crippen LogP contribution in [-0.2, 0) is 11.2 Å². The van der Waals surface area contributed by atoms with E-state index in [1.165, 1.54) is 11.3 Å². The molecule has 0 aliphatic carbocycles. The van der Waals surface area contributed by atoms with Crippen molar-refractivity contribution in [2.75, 3.05) is 13.1 Å². The van der Waals surface area contributed by atoms with Gasteiger partial charge in [-0.3, -0.25) is 14.0 Å². The Morgan fingerprint density at radius 3 is 2.58 bits per heavy atom. The maximum atomic E-state index is 13.6. The molecule has 0 saturated carbocycles. The first-order valence-electron chi connectivity index (χ1n) is 10.9. The zero-order valence-corrected chi connectivity index (χ0v) is 20.9. The summed E-state index contributed by atoms with van der Waals surface area (Å²) in [7, 11) is 0. The highest BCUT2D eigenvalue weighted by molar-refractivity contribution is 7.15. The number of carbonyl (C=O) groups is 1. The van der Waals surface area contributed by atoms with Crippen molar-refractivity contribution in [1.29, 1.82) is 0 Å². The molecule has 3 aromatic heterocycles. The fourth-order valence-electron chi connectivity index (χ4n) is 4.02. The van der Waals surface area contributed by atoms with Crippen LogP contribution in [-0.4, -0.2) is 43.1 Å². The number of rotatable bonds is 6. The number of aromatic nitrogens is 4. The van der Waals surface area contributed by atoms with Crippen LogP contribution in [0, 0.1) is 20.8 Å². The number of fused-ring (bicyclic) bond motifs is 1. The van der Waals surface area contributed by atoms with Gasteiger partial charge in [0, 0.05) is 34.9 Å². The summed E-state index contributed by atoms with van der Waals surface area (Å²) >= 11 is 7.58. The minimum absolute atomic E-state index is 0.00900. The van der Waals surface area contributed by atoms with E-state index >= 15 is 0 Å². The molecule has 0 radical (unpaired) electrons. The number of amides is 1. The number of benzene rings is 1. The van der Waals surface area contributed by atoms with Crippen LogP contribution < -0.4 is 5.56 Å². The number of likely N-dealkylation sites (N-methyl/N-ethyl adjacent to an activating group) is 1. The number of hydrogen-bond donors (Lipinski definition) is 0. The second-order valence-electron chi connectivity index (χ2n) is 7.98. The predicted molar refractivity (Wildman–Crippen MR) is 133 cm³/mol. The van der Waals surface area contributed by atoms with Crippen LogP contribution in [0.3, 0.4) is 0 Å². The minimum Gasteiger partial charge on any atom is -0.343 e. The standard InChI is InChI=1S/C24H26ClN5O2S/c1-6-28(7-2)21(31)12-18-13-33-24-26-16(5)22(23(32)29(18)24)19-10-15(4)30(27-19)20-11-17(25)9-8-14(20)3/h8-11,13H,6-7,12H2,1-5H3. The van der Waals surface area contributed by atoms with Gasteiger partial charge in [0.2, 0.25) is 5.91 Å². The molecule has 172 valence electrons. The van der Waals surface area contributed by atoms with Gasteiger partial charge in [0.1, 0.15) is 5.69 Å². The third-order valence-corrected chi connectivity index (χ3v) is 6.92. The van der Waals surface area contributed by atoms with Crippen molar-refractivity contribution < 1.29 is 4.79 Å². The lowest BCUT2D eigenvalue weighted by Gasteiger charge is -2.18. The molecule has 0 aliphatic heterocycles. The first-order chi connectivity index (χ1) is 15.7. The van der Waals surface area contributed by atoms with E-state index in [9.17, 15) is 9.59 Å². The van der Waals surface area contributed by atoms with Gasteiger partial charge < -0.3 is 4.90 Å². The molecule has 7 nitrogen and oxygen atoms in total. The molecule has 33 heavy (non-hydrogen) atoms. The molecule has 4 rings (SSSR count). The van der Waals surface area contributed by atoms with Gasteiger partial charge in [0.25, 0.3) is 5.56 Å². The summed E-state index contributed by atoms with van der Waals surface area (Å²) in [5.41, 5.74) is 4.78. The smallest absolute Gasteiger partial charge is 0.268 e. The maximum Gasteiger partial charge on any atom is 0.268 e. The first-order valence-corrected chi connectivity index (χ1v) is 12.1. The molecular formula is C24H26ClN5O2S. The van der Waals surface area contributed by atoms with Crippen LogP contribution in [0.1, 0.15) is 36.5 Å². The average Bonchev–Trinajstić information content (AvgIpc) is 3.34. The van der Waals surface area contributed by atoms with Crippen molar-refractivity contribution in [2.24, 2.45) is 0 Å². The van der Waals surface area contributed by atoms with E-state index in [2.05, 4.69) is 4.98 Å². The Morgan fingerprint density at radius 2 is 1.88 bits per heavy atom. The fourth-order valence-corrected chi connectivity index (χ4v) is 5.11.